The predicted octanol–water partition coefficient (Wildman–Crippen LogP) is 1.19. The van der Waals surface area contributed by atoms with E-state index in [0.29, 0.717) is 6.10 Å². The van der Waals surface area contributed by atoms with Gasteiger partial charge >= 0.3 is 0 Å². The largest absolute Gasteiger partial charge is 0.377 e. The third kappa shape index (κ3) is 4.24. The Morgan fingerprint density at radius 2 is 2.44 bits per heavy atom. The number of hydrogen-bond donors (Lipinski definition) is 1. The molecule has 0 aromatic carbocycles. The minimum atomic E-state index is 0.413. The summed E-state index contributed by atoms with van der Waals surface area (Å²) < 4.78 is 5.66. The maximum atomic E-state index is 5.66. The van der Waals surface area contributed by atoms with E-state index in [4.69, 9.17) is 4.74 Å². The van der Waals surface area contributed by atoms with Crippen molar-refractivity contribution in [1.29, 1.82) is 0 Å². The molecule has 0 bridgehead atoms. The molecule has 0 radical (unpaired) electrons. The Bertz CT molecular complexity index is 197. The molecule has 2 aliphatic rings. The van der Waals surface area contributed by atoms with Gasteiger partial charge in [0.25, 0.3) is 0 Å². The van der Waals surface area contributed by atoms with E-state index in [2.05, 4.69) is 28.9 Å². The van der Waals surface area contributed by atoms with Crippen LogP contribution in [0.1, 0.15) is 19.8 Å². The van der Waals surface area contributed by atoms with Gasteiger partial charge in [-0.25, -0.2) is 0 Å². The van der Waals surface area contributed by atoms with Crippen LogP contribution in [-0.4, -0.2) is 61.3 Å². The quantitative estimate of drug-likeness (QED) is 0.806. The lowest BCUT2D eigenvalue weighted by atomic mass is 10.2. The molecule has 2 heterocycles. The van der Waals surface area contributed by atoms with E-state index in [1.807, 2.05) is 0 Å². The zero-order valence-corrected chi connectivity index (χ0v) is 11.1. The molecule has 0 aromatic rings. The lowest BCUT2D eigenvalue weighted by molar-refractivity contribution is 0.0673. The van der Waals surface area contributed by atoms with Crippen LogP contribution in [0.25, 0.3) is 0 Å². The summed E-state index contributed by atoms with van der Waals surface area (Å²) in [4.78, 5) is 2.57. The van der Waals surface area contributed by atoms with Gasteiger partial charge in [-0.05, 0) is 26.3 Å². The normalized spacial score (nSPS) is 33.6. The average molecular weight is 244 g/mol. The van der Waals surface area contributed by atoms with Crippen molar-refractivity contribution in [2.24, 2.45) is 0 Å². The second kappa shape index (κ2) is 6.84. The molecule has 2 rings (SSSR count). The molecule has 16 heavy (non-hydrogen) atoms. The fourth-order valence-electron chi connectivity index (χ4n) is 2.43. The summed E-state index contributed by atoms with van der Waals surface area (Å²) >= 11 is 2.09. The van der Waals surface area contributed by atoms with Gasteiger partial charge in [0, 0.05) is 43.8 Å². The van der Waals surface area contributed by atoms with Crippen molar-refractivity contribution in [2.45, 2.75) is 31.9 Å². The molecule has 2 unspecified atom stereocenters. The molecule has 1 N–H and O–H groups in total. The molecule has 3 nitrogen and oxygen atoms in total. The fourth-order valence-corrected chi connectivity index (χ4v) is 3.42. The Morgan fingerprint density at radius 1 is 1.50 bits per heavy atom. The molecule has 0 aliphatic carbocycles. The van der Waals surface area contributed by atoms with Gasteiger partial charge in [-0.1, -0.05) is 0 Å². The molecule has 2 atom stereocenters. The highest BCUT2D eigenvalue weighted by molar-refractivity contribution is 7.99. The molecule has 4 heteroatoms. The van der Waals surface area contributed by atoms with Crippen LogP contribution in [0, 0.1) is 0 Å². The Morgan fingerprint density at radius 3 is 3.25 bits per heavy atom. The molecule has 0 saturated carbocycles. The first kappa shape index (κ1) is 12.7. The highest BCUT2D eigenvalue weighted by Crippen LogP contribution is 2.12. The van der Waals surface area contributed by atoms with Gasteiger partial charge in [-0.3, -0.25) is 0 Å². The fraction of sp³-hybridized carbons (Fsp3) is 1.00. The van der Waals surface area contributed by atoms with Gasteiger partial charge in [0.05, 0.1) is 6.10 Å². The van der Waals surface area contributed by atoms with Gasteiger partial charge in [-0.2, -0.15) is 11.8 Å². The van der Waals surface area contributed by atoms with E-state index in [9.17, 15) is 0 Å². The minimum Gasteiger partial charge on any atom is -0.377 e. The van der Waals surface area contributed by atoms with Gasteiger partial charge < -0.3 is 15.0 Å². The maximum Gasteiger partial charge on any atom is 0.0673 e. The summed E-state index contributed by atoms with van der Waals surface area (Å²) in [5, 5.41) is 3.61. The van der Waals surface area contributed by atoms with Crippen molar-refractivity contribution in [2.75, 3.05) is 44.3 Å². The Kier molecular flexibility index (Phi) is 5.42. The third-order valence-electron chi connectivity index (χ3n) is 3.33. The summed E-state index contributed by atoms with van der Waals surface area (Å²) in [5.74, 6) is 2.57. The van der Waals surface area contributed by atoms with Crippen LogP contribution in [0.3, 0.4) is 0 Å². The number of nitrogens with zero attached hydrogens (tertiary/aromatic N) is 1. The molecule has 2 fully saturated rings. The monoisotopic (exact) mass is 244 g/mol. The highest BCUT2D eigenvalue weighted by Gasteiger charge is 2.17. The smallest absolute Gasteiger partial charge is 0.0673 e. The summed E-state index contributed by atoms with van der Waals surface area (Å²) in [5.41, 5.74) is 0. The second-order valence-corrected chi connectivity index (χ2v) is 6.00. The molecule has 94 valence electrons. The van der Waals surface area contributed by atoms with Gasteiger partial charge in [0.2, 0.25) is 0 Å². The number of thioether (sulfide) groups is 1. The molecule has 2 aliphatic heterocycles. The van der Waals surface area contributed by atoms with Crippen LogP contribution in [0.2, 0.25) is 0 Å². The van der Waals surface area contributed by atoms with E-state index in [-0.39, 0.29) is 0 Å². The molecule has 0 amide bonds. The number of ether oxygens (including phenoxy) is 1. The summed E-state index contributed by atoms with van der Waals surface area (Å²) in [6.07, 6.45) is 2.90. The van der Waals surface area contributed by atoms with Crippen LogP contribution in [0.15, 0.2) is 0 Å². The van der Waals surface area contributed by atoms with Crippen LogP contribution in [0.5, 0.6) is 0 Å². The Hall–Kier alpha value is 0.230. The lowest BCUT2D eigenvalue weighted by Crippen LogP contribution is -2.41. The van der Waals surface area contributed by atoms with Gasteiger partial charge in [-0.15, -0.1) is 0 Å². The standard InChI is InChI=1S/C12H24N2OS/c1-11-9-14(5-2-7-15-11)6-3-12-10-16-8-4-13-12/h11-13H,2-10H2,1H3. The van der Waals surface area contributed by atoms with E-state index < -0.39 is 0 Å². The Labute approximate surface area is 103 Å². The van der Waals surface area contributed by atoms with Crippen LogP contribution >= 0.6 is 11.8 Å². The van der Waals surface area contributed by atoms with Crippen molar-refractivity contribution in [3.63, 3.8) is 0 Å². The number of nitrogens with one attached hydrogen (secondary N) is 1. The van der Waals surface area contributed by atoms with Gasteiger partial charge in [0.15, 0.2) is 0 Å². The third-order valence-corrected chi connectivity index (χ3v) is 4.46. The van der Waals surface area contributed by atoms with Crippen molar-refractivity contribution >= 4 is 11.8 Å². The molecule has 0 aromatic heterocycles. The zero-order chi connectivity index (χ0) is 11.2. The highest BCUT2D eigenvalue weighted by atomic mass is 32.2. The zero-order valence-electron chi connectivity index (χ0n) is 10.3. The summed E-state index contributed by atoms with van der Waals surface area (Å²) in [6.45, 7) is 7.87. The van der Waals surface area contributed by atoms with Crippen LogP contribution < -0.4 is 5.32 Å². The first-order chi connectivity index (χ1) is 7.84. The molecule has 2 saturated heterocycles. The molecular weight excluding hydrogens is 220 g/mol. The first-order valence-electron chi connectivity index (χ1n) is 6.49. The van der Waals surface area contributed by atoms with Crippen molar-refractivity contribution < 1.29 is 4.74 Å². The van der Waals surface area contributed by atoms with E-state index in [1.54, 1.807) is 0 Å². The first-order valence-corrected chi connectivity index (χ1v) is 7.65. The maximum absolute atomic E-state index is 5.66. The van der Waals surface area contributed by atoms with Crippen molar-refractivity contribution in [1.82, 2.24) is 10.2 Å². The average Bonchev–Trinajstić information content (AvgIpc) is 2.52. The van der Waals surface area contributed by atoms with E-state index in [1.165, 1.54) is 44.0 Å². The topological polar surface area (TPSA) is 24.5 Å². The van der Waals surface area contributed by atoms with Crippen molar-refractivity contribution in [3.8, 4) is 0 Å². The number of hydrogen-bond acceptors (Lipinski definition) is 4. The molecular formula is C12H24N2OS. The lowest BCUT2D eigenvalue weighted by Gasteiger charge is -2.27. The number of rotatable bonds is 3. The summed E-state index contributed by atoms with van der Waals surface area (Å²) in [6, 6.07) is 0.734. The SMILES string of the molecule is CC1CN(CCC2CSCCN2)CCCO1. The minimum absolute atomic E-state index is 0.413. The second-order valence-electron chi connectivity index (χ2n) is 4.85. The van der Waals surface area contributed by atoms with Gasteiger partial charge in [0.1, 0.15) is 0 Å². The van der Waals surface area contributed by atoms with Crippen molar-refractivity contribution in [3.05, 3.63) is 0 Å². The molecule has 0 spiro atoms. The van der Waals surface area contributed by atoms with Crippen LogP contribution in [-0.2, 0) is 4.74 Å². The van der Waals surface area contributed by atoms with E-state index >= 15 is 0 Å². The summed E-state index contributed by atoms with van der Waals surface area (Å²) in [7, 11) is 0. The van der Waals surface area contributed by atoms with E-state index in [0.717, 1.165) is 19.2 Å². The van der Waals surface area contributed by atoms with Crippen LogP contribution in [0.4, 0.5) is 0 Å². The Balaban J connectivity index is 1.67. The predicted molar refractivity (Wildman–Crippen MR) is 70.2 cm³/mol.